The van der Waals surface area contributed by atoms with Gasteiger partial charge in [0.15, 0.2) is 0 Å². The van der Waals surface area contributed by atoms with Crippen LogP contribution >= 0.6 is 0 Å². The molecule has 138 valence electrons. The van der Waals surface area contributed by atoms with E-state index in [0.29, 0.717) is 17.1 Å². The van der Waals surface area contributed by atoms with Crippen LogP contribution in [0.2, 0.25) is 0 Å². The van der Waals surface area contributed by atoms with Gasteiger partial charge in [-0.3, -0.25) is 4.79 Å². The Morgan fingerprint density at radius 2 is 1.65 bits per heavy atom. The lowest BCUT2D eigenvalue weighted by Gasteiger charge is -2.22. The highest BCUT2D eigenvalue weighted by atomic mass is 16.5. The van der Waals surface area contributed by atoms with Crippen molar-refractivity contribution in [3.63, 3.8) is 0 Å². The summed E-state index contributed by atoms with van der Waals surface area (Å²) in [7, 11) is 3.16. The minimum Gasteiger partial charge on any atom is -0.497 e. The van der Waals surface area contributed by atoms with Crippen molar-refractivity contribution in [1.82, 2.24) is 5.32 Å². The van der Waals surface area contributed by atoms with E-state index in [1.807, 2.05) is 0 Å². The molecule has 1 amide bonds. The molecule has 0 spiro atoms. The lowest BCUT2D eigenvalue weighted by Crippen LogP contribution is -2.28. The number of rotatable bonds is 6. The molecule has 4 heteroatoms. The van der Waals surface area contributed by atoms with Crippen molar-refractivity contribution in [3.05, 3.63) is 58.7 Å². The summed E-state index contributed by atoms with van der Waals surface area (Å²) in [6, 6.07) is 11.9. The van der Waals surface area contributed by atoms with Crippen LogP contribution in [0.25, 0.3) is 0 Å². The maximum Gasteiger partial charge on any atom is 0.252 e. The smallest absolute Gasteiger partial charge is 0.252 e. The number of hydrogen-bond donors (Lipinski definition) is 1. The van der Waals surface area contributed by atoms with Crippen molar-refractivity contribution in [1.29, 1.82) is 0 Å². The summed E-state index contributed by atoms with van der Waals surface area (Å²) in [5.41, 5.74) is 4.61. The first kappa shape index (κ1) is 18.3. The van der Waals surface area contributed by atoms with Gasteiger partial charge in [-0.25, -0.2) is 0 Å². The fourth-order valence-corrected chi connectivity index (χ4v) is 3.57. The fraction of sp³-hybridized carbons (Fsp3) is 0.409. The van der Waals surface area contributed by atoms with Gasteiger partial charge in [-0.2, -0.15) is 0 Å². The van der Waals surface area contributed by atoms with Crippen molar-refractivity contribution in [2.45, 2.75) is 45.1 Å². The minimum absolute atomic E-state index is 0.00748. The highest BCUT2D eigenvalue weighted by molar-refractivity contribution is 5.95. The first-order chi connectivity index (χ1) is 12.6. The molecule has 26 heavy (non-hydrogen) atoms. The van der Waals surface area contributed by atoms with Crippen LogP contribution < -0.4 is 14.8 Å². The Bertz CT molecular complexity index is 763. The largest absolute Gasteiger partial charge is 0.497 e. The zero-order chi connectivity index (χ0) is 18.5. The van der Waals surface area contributed by atoms with Crippen LogP contribution in [0, 0.1) is 0 Å². The van der Waals surface area contributed by atoms with Crippen molar-refractivity contribution in [3.8, 4) is 11.5 Å². The van der Waals surface area contributed by atoms with Gasteiger partial charge >= 0.3 is 0 Å². The van der Waals surface area contributed by atoms with Crippen LogP contribution in [0.4, 0.5) is 0 Å². The monoisotopic (exact) mass is 353 g/mol. The third-order valence-electron chi connectivity index (χ3n) is 5.10. The van der Waals surface area contributed by atoms with Gasteiger partial charge in [-0.05, 0) is 60.9 Å². The number of benzene rings is 2. The maximum absolute atomic E-state index is 12.8. The van der Waals surface area contributed by atoms with Gasteiger partial charge in [0, 0.05) is 11.6 Å². The summed E-state index contributed by atoms with van der Waals surface area (Å²) in [5, 5.41) is 3.16. The van der Waals surface area contributed by atoms with Gasteiger partial charge in [0.25, 0.3) is 5.91 Å². The van der Waals surface area contributed by atoms with Crippen LogP contribution in [-0.4, -0.2) is 20.1 Å². The molecule has 1 aliphatic rings. The van der Waals surface area contributed by atoms with E-state index in [0.717, 1.165) is 12.8 Å². The molecular weight excluding hydrogens is 326 g/mol. The number of methoxy groups -OCH3 is 2. The highest BCUT2D eigenvalue weighted by Crippen LogP contribution is 2.27. The second kappa shape index (κ2) is 8.26. The Labute approximate surface area is 155 Å². The molecule has 4 nitrogen and oxygen atoms in total. The second-order valence-corrected chi connectivity index (χ2v) is 6.77. The number of fused-ring (bicyclic) bond motifs is 1. The summed E-state index contributed by atoms with van der Waals surface area (Å²) in [5.74, 6) is 1.10. The van der Waals surface area contributed by atoms with Crippen molar-refractivity contribution < 1.29 is 14.3 Å². The molecule has 0 aromatic heterocycles. The topological polar surface area (TPSA) is 47.6 Å². The summed E-state index contributed by atoms with van der Waals surface area (Å²) < 4.78 is 10.5. The molecule has 2 aromatic carbocycles. The molecule has 0 saturated carbocycles. The number of amides is 1. The summed E-state index contributed by atoms with van der Waals surface area (Å²) in [6.07, 6.45) is 5.68. The fourth-order valence-electron chi connectivity index (χ4n) is 3.57. The van der Waals surface area contributed by atoms with E-state index in [4.69, 9.17) is 9.47 Å². The van der Waals surface area contributed by atoms with Gasteiger partial charge in [0.1, 0.15) is 11.5 Å². The minimum atomic E-state index is -0.119. The predicted molar refractivity (Wildman–Crippen MR) is 103 cm³/mol. The summed E-state index contributed by atoms with van der Waals surface area (Å²) in [4.78, 5) is 12.8. The van der Waals surface area contributed by atoms with Crippen LogP contribution in [0.1, 0.15) is 59.3 Å². The molecule has 0 unspecified atom stereocenters. The third kappa shape index (κ3) is 4.01. The second-order valence-electron chi connectivity index (χ2n) is 6.77. The average molecular weight is 353 g/mol. The number of aryl methyl sites for hydroxylation is 2. The van der Waals surface area contributed by atoms with Crippen molar-refractivity contribution in [2.24, 2.45) is 0 Å². The predicted octanol–water partition coefficient (Wildman–Crippen LogP) is 4.46. The Morgan fingerprint density at radius 3 is 2.27 bits per heavy atom. The average Bonchev–Trinajstić information content (AvgIpc) is 2.70. The lowest BCUT2D eigenvalue weighted by molar-refractivity contribution is 0.0935. The number of carbonyl (C=O) groups excluding carboxylic acids is 1. The molecule has 0 fully saturated rings. The molecule has 0 saturated heterocycles. The van der Waals surface area contributed by atoms with E-state index < -0.39 is 0 Å². The molecule has 0 heterocycles. The van der Waals surface area contributed by atoms with Crippen LogP contribution in [0.15, 0.2) is 36.4 Å². The van der Waals surface area contributed by atoms with Gasteiger partial charge in [-0.15, -0.1) is 0 Å². The SMILES string of the molecule is CC[C@H](NC(=O)c1cc(OC)cc(OC)c1)c1ccc2c(c1)CCCC2. The summed E-state index contributed by atoms with van der Waals surface area (Å²) >= 11 is 0. The van der Waals surface area contributed by atoms with E-state index in [-0.39, 0.29) is 11.9 Å². The Kier molecular flexibility index (Phi) is 5.82. The van der Waals surface area contributed by atoms with Crippen LogP contribution in [0.5, 0.6) is 11.5 Å². The van der Waals surface area contributed by atoms with Gasteiger partial charge in [0.05, 0.1) is 20.3 Å². The number of hydrogen-bond acceptors (Lipinski definition) is 3. The van der Waals surface area contributed by atoms with Crippen LogP contribution in [-0.2, 0) is 12.8 Å². The number of nitrogens with one attached hydrogen (secondary N) is 1. The maximum atomic E-state index is 12.8. The van der Waals surface area contributed by atoms with E-state index in [1.165, 1.54) is 36.0 Å². The molecule has 0 aliphatic heterocycles. The lowest BCUT2D eigenvalue weighted by atomic mass is 9.88. The van der Waals surface area contributed by atoms with Gasteiger partial charge in [0.2, 0.25) is 0 Å². The van der Waals surface area contributed by atoms with E-state index in [1.54, 1.807) is 32.4 Å². The van der Waals surface area contributed by atoms with Gasteiger partial charge < -0.3 is 14.8 Å². The van der Waals surface area contributed by atoms with Crippen LogP contribution in [0.3, 0.4) is 0 Å². The third-order valence-corrected chi connectivity index (χ3v) is 5.10. The first-order valence-electron chi connectivity index (χ1n) is 9.30. The molecule has 1 atom stereocenters. The molecular formula is C22H27NO3. The van der Waals surface area contributed by atoms with Gasteiger partial charge in [-0.1, -0.05) is 25.1 Å². The molecule has 1 aliphatic carbocycles. The standard InChI is InChI=1S/C22H27NO3/c1-4-21(17-10-9-15-7-5-6-8-16(15)11-17)23-22(24)18-12-19(25-2)14-20(13-18)26-3/h9-14,21H,4-8H2,1-3H3,(H,23,24)/t21-/m0/s1. The van der Waals surface area contributed by atoms with E-state index >= 15 is 0 Å². The molecule has 0 radical (unpaired) electrons. The normalized spacial score (nSPS) is 14.3. The molecule has 2 aromatic rings. The van der Waals surface area contributed by atoms with E-state index in [2.05, 4.69) is 30.4 Å². The molecule has 1 N–H and O–H groups in total. The van der Waals surface area contributed by atoms with Crippen molar-refractivity contribution in [2.75, 3.05) is 14.2 Å². The Hall–Kier alpha value is -2.49. The van der Waals surface area contributed by atoms with E-state index in [9.17, 15) is 4.79 Å². The molecule has 0 bridgehead atoms. The Morgan fingerprint density at radius 1 is 1.00 bits per heavy atom. The first-order valence-corrected chi connectivity index (χ1v) is 9.30. The summed E-state index contributed by atoms with van der Waals surface area (Å²) in [6.45, 7) is 2.09. The van der Waals surface area contributed by atoms with Crippen molar-refractivity contribution >= 4 is 5.91 Å². The Balaban J connectivity index is 1.81. The number of carbonyl (C=O) groups is 1. The zero-order valence-corrected chi connectivity index (χ0v) is 15.8. The number of ether oxygens (including phenoxy) is 2. The molecule has 3 rings (SSSR count). The highest BCUT2D eigenvalue weighted by Gasteiger charge is 2.18. The zero-order valence-electron chi connectivity index (χ0n) is 15.8. The quantitative estimate of drug-likeness (QED) is 0.834.